The Kier molecular flexibility index (Phi) is 6.82. The second-order valence-corrected chi connectivity index (χ2v) is 8.67. The monoisotopic (exact) mass is 463 g/mol. The van der Waals surface area contributed by atoms with E-state index in [1.807, 2.05) is 6.07 Å². The van der Waals surface area contributed by atoms with Gasteiger partial charge in [0.15, 0.2) is 6.61 Å². The summed E-state index contributed by atoms with van der Waals surface area (Å²) in [4.78, 5) is 24.0. The van der Waals surface area contributed by atoms with Crippen molar-refractivity contribution in [3.05, 3.63) is 82.9 Å². The highest BCUT2D eigenvalue weighted by molar-refractivity contribution is 7.89. The first-order valence-corrected chi connectivity index (χ1v) is 11.2. The summed E-state index contributed by atoms with van der Waals surface area (Å²) in [6.45, 7) is 1.64. The van der Waals surface area contributed by atoms with E-state index in [1.54, 1.807) is 31.2 Å². The number of hydrogen-bond donors (Lipinski definition) is 3. The Morgan fingerprint density at radius 2 is 1.67 bits per heavy atom. The van der Waals surface area contributed by atoms with E-state index < -0.39 is 21.9 Å². The second kappa shape index (κ2) is 9.56. The summed E-state index contributed by atoms with van der Waals surface area (Å²) in [6.07, 6.45) is 0. The van der Waals surface area contributed by atoms with Gasteiger partial charge in [-0.2, -0.15) is 0 Å². The van der Waals surface area contributed by atoms with Crippen LogP contribution in [0.3, 0.4) is 0 Å². The third-order valence-corrected chi connectivity index (χ3v) is 5.74. The number of hydrogen-bond acceptors (Lipinski definition) is 6. The summed E-state index contributed by atoms with van der Waals surface area (Å²) in [7, 11) is -3.86. The van der Waals surface area contributed by atoms with E-state index in [0.29, 0.717) is 22.3 Å². The summed E-state index contributed by atoms with van der Waals surface area (Å²) in [5.41, 5.74) is 14.4. The molecule has 0 saturated carbocycles. The van der Waals surface area contributed by atoms with Crippen molar-refractivity contribution in [2.24, 2.45) is 10.9 Å². The number of ether oxygens (including phenoxy) is 1. The van der Waals surface area contributed by atoms with Gasteiger partial charge in [-0.25, -0.2) is 18.4 Å². The number of nitrogen functional groups attached to an aromatic ring is 1. The van der Waals surface area contributed by atoms with Crippen LogP contribution in [-0.2, 0) is 14.8 Å². The van der Waals surface area contributed by atoms with Crippen molar-refractivity contribution in [1.29, 1.82) is 0 Å². The highest BCUT2D eigenvalue weighted by Crippen LogP contribution is 2.30. The minimum Gasteiger partial charge on any atom is -0.449 e. The molecular weight excluding hydrogens is 442 g/mol. The van der Waals surface area contributed by atoms with Crippen LogP contribution >= 0.6 is 0 Å². The number of primary sulfonamides is 1. The maximum absolute atomic E-state index is 12.2. The van der Waals surface area contributed by atoms with Gasteiger partial charge in [-0.15, -0.1) is 0 Å². The third-order valence-electron chi connectivity index (χ3n) is 4.81. The quantitative estimate of drug-likeness (QED) is 0.299. The molecule has 3 rings (SSSR count). The van der Waals surface area contributed by atoms with Gasteiger partial charge in [0.05, 0.1) is 21.7 Å². The van der Waals surface area contributed by atoms with Crippen LogP contribution < -0.4 is 16.6 Å². The smallest absolute Gasteiger partial charge is 0.339 e. The molecule has 0 spiro atoms. The van der Waals surface area contributed by atoms with Gasteiger partial charge in [0, 0.05) is 11.1 Å². The molecule has 33 heavy (non-hydrogen) atoms. The van der Waals surface area contributed by atoms with E-state index >= 15 is 0 Å². The average molecular weight is 464 g/mol. The number of carbonyl (C=O) groups is 2. The minimum absolute atomic E-state index is 0.0595. The molecule has 6 N–H and O–H groups in total. The number of esters is 1. The highest BCUT2D eigenvalue weighted by Gasteiger charge is 2.15. The minimum atomic E-state index is -3.86. The summed E-state index contributed by atoms with van der Waals surface area (Å²) in [5, 5.41) is 5.13. The number of rotatable bonds is 5. The lowest BCUT2D eigenvalue weighted by atomic mass is 9.97. The van der Waals surface area contributed by atoms with Crippen molar-refractivity contribution in [3.63, 3.8) is 0 Å². The first-order valence-electron chi connectivity index (χ1n) is 9.66. The second-order valence-electron chi connectivity index (χ2n) is 7.11. The normalized spacial score (nSPS) is 10.7. The van der Waals surface area contributed by atoms with Crippen LogP contribution in [0.1, 0.15) is 31.8 Å². The van der Waals surface area contributed by atoms with Crippen LogP contribution in [0.4, 0.5) is 5.69 Å². The number of aryl methyl sites for hydroxylation is 1. The van der Waals surface area contributed by atoms with Crippen molar-refractivity contribution in [1.82, 2.24) is 0 Å². The lowest BCUT2D eigenvalue weighted by Crippen LogP contribution is -2.14. The fraction of sp³-hybridized carbons (Fsp3) is 0.0833. The molecule has 0 fully saturated rings. The van der Waals surface area contributed by atoms with Crippen LogP contribution in [-0.4, -0.2) is 26.9 Å². The van der Waals surface area contributed by atoms with Gasteiger partial charge in [0.1, 0.15) is 0 Å². The number of carbonyl (C=O) groups excluding carboxylic acids is 2. The van der Waals surface area contributed by atoms with Gasteiger partial charge in [-0.1, -0.05) is 42.2 Å². The predicted octanol–water partition coefficient (Wildman–Crippen LogP) is 2.20. The molecule has 0 aliphatic carbocycles. The van der Waals surface area contributed by atoms with Gasteiger partial charge in [-0.3, -0.25) is 4.79 Å². The highest BCUT2D eigenvalue weighted by atomic mass is 32.2. The molecule has 0 heterocycles. The number of nitrogens with two attached hydrogens (primary N) is 3. The van der Waals surface area contributed by atoms with Gasteiger partial charge in [-0.05, 0) is 48.4 Å². The first kappa shape index (κ1) is 23.5. The summed E-state index contributed by atoms with van der Waals surface area (Å²) in [6, 6.07) is 15.8. The van der Waals surface area contributed by atoms with Gasteiger partial charge >= 0.3 is 5.97 Å². The topological polar surface area (TPSA) is 156 Å². The zero-order valence-electron chi connectivity index (χ0n) is 17.7. The Morgan fingerprint density at radius 3 is 2.27 bits per heavy atom. The van der Waals surface area contributed by atoms with Crippen molar-refractivity contribution >= 4 is 27.6 Å². The maximum Gasteiger partial charge on any atom is 0.339 e. The molecular formula is C24H21N3O5S. The van der Waals surface area contributed by atoms with Gasteiger partial charge in [0.2, 0.25) is 10.0 Å². The third kappa shape index (κ3) is 5.57. The number of primary amides is 1. The largest absolute Gasteiger partial charge is 0.449 e. The van der Waals surface area contributed by atoms with E-state index in [9.17, 15) is 18.0 Å². The summed E-state index contributed by atoms with van der Waals surface area (Å²) in [5.74, 6) is 4.32. The molecule has 9 heteroatoms. The predicted molar refractivity (Wildman–Crippen MR) is 125 cm³/mol. The molecule has 0 aromatic heterocycles. The molecule has 0 bridgehead atoms. The fourth-order valence-corrected chi connectivity index (χ4v) is 3.63. The number of sulfonamides is 1. The van der Waals surface area contributed by atoms with Gasteiger partial charge in [0.25, 0.3) is 5.91 Å². The molecule has 0 saturated heterocycles. The molecule has 0 aliphatic heterocycles. The standard InChI is InChI=1S/C24H21N3O5S/c1-15-5-2-3-7-19(15)24(29)32-12-4-6-16-13-20(22(25)21(14-16)23(26)28)17-8-10-18(11-9-17)33(27,30)31/h2-3,5,7-11,13-14H,12,25H2,1H3,(H2,26,28)(H2,27,30,31). The number of benzene rings is 3. The average Bonchev–Trinajstić information content (AvgIpc) is 2.77. The molecule has 1 amide bonds. The van der Waals surface area contributed by atoms with Crippen molar-refractivity contribution < 1.29 is 22.7 Å². The van der Waals surface area contributed by atoms with Crippen LogP contribution in [0.5, 0.6) is 0 Å². The van der Waals surface area contributed by atoms with Crippen molar-refractivity contribution in [3.8, 4) is 23.0 Å². The molecule has 3 aromatic carbocycles. The van der Waals surface area contributed by atoms with Crippen LogP contribution in [0.15, 0.2) is 65.6 Å². The number of amides is 1. The maximum atomic E-state index is 12.2. The Balaban J connectivity index is 1.88. The molecule has 0 atom stereocenters. The molecule has 0 aliphatic rings. The van der Waals surface area contributed by atoms with Gasteiger partial charge < -0.3 is 16.2 Å². The lowest BCUT2D eigenvalue weighted by molar-refractivity contribution is 0.0555. The fourth-order valence-electron chi connectivity index (χ4n) is 3.11. The van der Waals surface area contributed by atoms with Crippen LogP contribution in [0, 0.1) is 18.8 Å². The van der Waals surface area contributed by atoms with Crippen LogP contribution in [0.2, 0.25) is 0 Å². The lowest BCUT2D eigenvalue weighted by Gasteiger charge is -2.11. The van der Waals surface area contributed by atoms with Crippen molar-refractivity contribution in [2.75, 3.05) is 12.3 Å². The Hall–Kier alpha value is -4.13. The SMILES string of the molecule is Cc1ccccc1C(=O)OCC#Cc1cc(C(N)=O)c(N)c(-c2ccc(S(N)(=O)=O)cc2)c1. The van der Waals surface area contributed by atoms with Crippen molar-refractivity contribution in [2.45, 2.75) is 11.8 Å². The molecule has 3 aromatic rings. The molecule has 0 unspecified atom stereocenters. The molecule has 8 nitrogen and oxygen atoms in total. The number of anilines is 1. The summed E-state index contributed by atoms with van der Waals surface area (Å²) >= 11 is 0. The van der Waals surface area contributed by atoms with E-state index in [0.717, 1.165) is 5.56 Å². The van der Waals surface area contributed by atoms with E-state index in [-0.39, 0.29) is 22.8 Å². The molecule has 0 radical (unpaired) electrons. The van der Waals surface area contributed by atoms with E-state index in [1.165, 1.54) is 30.3 Å². The zero-order chi connectivity index (χ0) is 24.2. The molecule has 168 valence electrons. The van der Waals surface area contributed by atoms with Crippen LogP contribution in [0.25, 0.3) is 11.1 Å². The first-order chi connectivity index (χ1) is 15.6. The summed E-state index contributed by atoms with van der Waals surface area (Å²) < 4.78 is 28.2. The van der Waals surface area contributed by atoms with E-state index in [2.05, 4.69) is 11.8 Å². The van der Waals surface area contributed by atoms with E-state index in [4.69, 9.17) is 21.3 Å². The zero-order valence-corrected chi connectivity index (χ0v) is 18.5. The Bertz CT molecular complexity index is 1400. The Labute approximate surface area is 191 Å². The Morgan fingerprint density at radius 1 is 1.00 bits per heavy atom.